The third-order valence-electron chi connectivity index (χ3n) is 6.82. The van der Waals surface area contributed by atoms with Gasteiger partial charge in [-0.2, -0.15) is 0 Å². The minimum absolute atomic E-state index is 0.788. The van der Waals surface area contributed by atoms with Gasteiger partial charge in [-0.15, -0.1) is 6.42 Å². The summed E-state index contributed by atoms with van der Waals surface area (Å²) >= 11 is 0. The lowest BCUT2D eigenvalue weighted by atomic mass is 10.0. The predicted molar refractivity (Wildman–Crippen MR) is 163 cm³/mol. The quantitative estimate of drug-likeness (QED) is 0.168. The molecule has 0 bridgehead atoms. The van der Waals surface area contributed by atoms with Gasteiger partial charge in [-0.25, -0.2) is 9.98 Å². The lowest BCUT2D eigenvalue weighted by molar-refractivity contribution is 1.03. The van der Waals surface area contributed by atoms with E-state index in [0.29, 0.717) is 0 Å². The summed E-state index contributed by atoms with van der Waals surface area (Å²) in [7, 11) is 0. The fourth-order valence-electron chi connectivity index (χ4n) is 4.99. The fraction of sp³-hybridized carbons (Fsp3) is 0.0286. The fourth-order valence-corrected chi connectivity index (χ4v) is 4.99. The molecule has 2 heterocycles. The molecule has 6 rings (SSSR count). The van der Waals surface area contributed by atoms with Crippen LogP contribution in [0.15, 0.2) is 133 Å². The van der Waals surface area contributed by atoms with Gasteiger partial charge < -0.3 is 4.90 Å². The first-order valence-corrected chi connectivity index (χ1v) is 12.8. The number of para-hydroxylation sites is 2. The van der Waals surface area contributed by atoms with Crippen molar-refractivity contribution >= 4 is 40.0 Å². The van der Waals surface area contributed by atoms with Crippen molar-refractivity contribution in [2.24, 2.45) is 4.99 Å². The highest BCUT2D eigenvalue weighted by molar-refractivity contribution is 5.95. The van der Waals surface area contributed by atoms with E-state index in [9.17, 15) is 0 Å². The van der Waals surface area contributed by atoms with Crippen molar-refractivity contribution in [1.29, 1.82) is 0 Å². The van der Waals surface area contributed by atoms with Crippen molar-refractivity contribution in [1.82, 2.24) is 9.55 Å². The van der Waals surface area contributed by atoms with Gasteiger partial charge in [0.2, 0.25) is 0 Å². The molecule has 0 unspecified atom stereocenters. The van der Waals surface area contributed by atoms with E-state index in [1.807, 2.05) is 30.3 Å². The highest BCUT2D eigenvalue weighted by atomic mass is 15.1. The summed E-state index contributed by atoms with van der Waals surface area (Å²) in [5, 5.41) is 1.11. The molecule has 0 saturated carbocycles. The van der Waals surface area contributed by atoms with E-state index in [-0.39, 0.29) is 0 Å². The van der Waals surface area contributed by atoms with Gasteiger partial charge in [0.1, 0.15) is 11.6 Å². The van der Waals surface area contributed by atoms with Crippen LogP contribution >= 0.6 is 0 Å². The molecule has 4 heteroatoms. The minimum atomic E-state index is 0.788. The Morgan fingerprint density at radius 3 is 1.97 bits per heavy atom. The average molecular weight is 503 g/mol. The molecule has 0 aliphatic heterocycles. The smallest absolute Gasteiger partial charge is 0.143 e. The molecule has 6 aromatic rings. The van der Waals surface area contributed by atoms with Crippen molar-refractivity contribution in [2.45, 2.75) is 6.92 Å². The van der Waals surface area contributed by atoms with Gasteiger partial charge >= 0.3 is 0 Å². The summed E-state index contributed by atoms with van der Waals surface area (Å²) in [5.41, 5.74) is 7.69. The van der Waals surface area contributed by atoms with E-state index in [0.717, 1.165) is 56.3 Å². The first-order chi connectivity index (χ1) is 19.2. The summed E-state index contributed by atoms with van der Waals surface area (Å²) in [5.74, 6) is 4.10. The molecule has 0 atom stereocenters. The molecule has 0 amide bonds. The van der Waals surface area contributed by atoms with Gasteiger partial charge in [-0.05, 0) is 78.7 Å². The van der Waals surface area contributed by atoms with E-state index >= 15 is 0 Å². The molecule has 0 aliphatic carbocycles. The molecule has 0 radical (unpaired) electrons. The Balaban J connectivity index is 1.42. The molecule has 4 nitrogen and oxygen atoms in total. The Kier molecular flexibility index (Phi) is 6.47. The van der Waals surface area contributed by atoms with Crippen LogP contribution in [0.1, 0.15) is 5.56 Å². The second kappa shape index (κ2) is 10.5. The van der Waals surface area contributed by atoms with Crippen molar-refractivity contribution in [3.8, 4) is 29.3 Å². The largest absolute Gasteiger partial charge is 0.311 e. The third kappa shape index (κ3) is 4.58. The van der Waals surface area contributed by atoms with Crippen molar-refractivity contribution in [3.05, 3.63) is 133 Å². The zero-order valence-electron chi connectivity index (χ0n) is 21.6. The molecule has 0 fully saturated rings. The van der Waals surface area contributed by atoms with E-state index in [1.165, 1.54) is 6.21 Å². The van der Waals surface area contributed by atoms with Crippen molar-refractivity contribution < 1.29 is 0 Å². The average Bonchev–Trinajstić information content (AvgIpc) is 3.28. The van der Waals surface area contributed by atoms with Gasteiger partial charge in [0.25, 0.3) is 0 Å². The maximum absolute atomic E-state index is 5.49. The number of rotatable bonds is 6. The van der Waals surface area contributed by atoms with Crippen LogP contribution in [0.4, 0.5) is 22.9 Å². The molecule has 0 aliphatic rings. The monoisotopic (exact) mass is 502 g/mol. The SMILES string of the molecule is C#C/C=N\c1c(C)c2cc(-c3ccc(N(c4ccccc4)c4ccccc4)cc3)ccc2n1-c1ccccn1. The molecule has 0 saturated heterocycles. The number of pyridine rings is 1. The molecule has 186 valence electrons. The Bertz CT molecular complexity index is 1760. The second-order valence-electron chi connectivity index (χ2n) is 9.18. The van der Waals surface area contributed by atoms with Crippen molar-refractivity contribution in [2.75, 3.05) is 4.90 Å². The first-order valence-electron chi connectivity index (χ1n) is 12.8. The number of aromatic nitrogens is 2. The van der Waals surface area contributed by atoms with Gasteiger partial charge in [0.05, 0.1) is 11.7 Å². The zero-order valence-corrected chi connectivity index (χ0v) is 21.6. The van der Waals surface area contributed by atoms with E-state index in [2.05, 4.69) is 123 Å². The highest BCUT2D eigenvalue weighted by Crippen LogP contribution is 2.38. The topological polar surface area (TPSA) is 33.4 Å². The zero-order chi connectivity index (χ0) is 26.6. The maximum atomic E-state index is 5.49. The van der Waals surface area contributed by atoms with Crippen molar-refractivity contribution in [3.63, 3.8) is 0 Å². The number of nitrogens with zero attached hydrogens (tertiary/aromatic N) is 4. The molecule has 39 heavy (non-hydrogen) atoms. The number of benzene rings is 4. The summed E-state index contributed by atoms with van der Waals surface area (Å²) in [6.07, 6.45) is 8.77. The van der Waals surface area contributed by atoms with Crippen LogP contribution < -0.4 is 4.90 Å². The number of terminal acetylenes is 1. The number of hydrogen-bond donors (Lipinski definition) is 0. The van der Waals surface area contributed by atoms with Gasteiger partial charge in [0.15, 0.2) is 0 Å². The Hall–Kier alpha value is -5.40. The standard InChI is InChI=1S/C35H26N4/c1-3-23-37-35-26(2)32-25-28(19-22-33(32)39(35)34-16-10-11-24-36-34)27-17-20-31(21-18-27)38(29-12-6-4-7-13-29)30-14-8-5-9-15-30/h1,4-25H,2H3/b37-23-. The first kappa shape index (κ1) is 24.0. The predicted octanol–water partition coefficient (Wildman–Crippen LogP) is 8.81. The number of anilines is 3. The third-order valence-corrected chi connectivity index (χ3v) is 6.82. The van der Waals surface area contributed by atoms with Crippen LogP contribution in [0.25, 0.3) is 27.8 Å². The highest BCUT2D eigenvalue weighted by Gasteiger charge is 2.17. The molecule has 0 spiro atoms. The van der Waals surface area contributed by atoms with Crippen LogP contribution in [0.5, 0.6) is 0 Å². The maximum Gasteiger partial charge on any atom is 0.143 e. The molecule has 2 aromatic heterocycles. The van der Waals surface area contributed by atoms with Crippen LogP contribution in [0.3, 0.4) is 0 Å². The summed E-state index contributed by atoms with van der Waals surface area (Å²) < 4.78 is 2.06. The van der Waals surface area contributed by atoms with E-state index < -0.39 is 0 Å². The van der Waals surface area contributed by atoms with Crippen LogP contribution in [-0.2, 0) is 0 Å². The second-order valence-corrected chi connectivity index (χ2v) is 9.18. The van der Waals surface area contributed by atoms with Gasteiger partial charge in [0, 0.05) is 34.2 Å². The minimum Gasteiger partial charge on any atom is -0.311 e. The Morgan fingerprint density at radius 1 is 0.744 bits per heavy atom. The number of hydrogen-bond acceptors (Lipinski definition) is 3. The van der Waals surface area contributed by atoms with Crippen LogP contribution in [0, 0.1) is 19.3 Å². The summed E-state index contributed by atoms with van der Waals surface area (Å²) in [6, 6.07) is 41.9. The summed E-state index contributed by atoms with van der Waals surface area (Å²) in [6.45, 7) is 2.08. The molecule has 0 N–H and O–H groups in total. The van der Waals surface area contributed by atoms with Gasteiger partial charge in [-0.1, -0.05) is 66.6 Å². The van der Waals surface area contributed by atoms with Gasteiger partial charge in [-0.3, -0.25) is 4.57 Å². The Labute approximate surface area is 228 Å². The molecule has 4 aromatic carbocycles. The Morgan fingerprint density at radius 2 is 1.36 bits per heavy atom. The molecular formula is C35H26N4. The van der Waals surface area contributed by atoms with Crippen LogP contribution in [0.2, 0.25) is 0 Å². The van der Waals surface area contributed by atoms with Crippen LogP contribution in [-0.4, -0.2) is 15.8 Å². The van der Waals surface area contributed by atoms with E-state index in [4.69, 9.17) is 6.42 Å². The number of fused-ring (bicyclic) bond motifs is 1. The number of aliphatic imine (C=N–C) groups is 1. The normalized spacial score (nSPS) is 11.1. The van der Waals surface area contributed by atoms with E-state index in [1.54, 1.807) is 6.20 Å². The lowest BCUT2D eigenvalue weighted by Crippen LogP contribution is -2.09. The lowest BCUT2D eigenvalue weighted by Gasteiger charge is -2.25. The summed E-state index contributed by atoms with van der Waals surface area (Å²) in [4.78, 5) is 11.4. The number of aryl methyl sites for hydroxylation is 1. The molecular weight excluding hydrogens is 476 g/mol.